The predicted octanol–water partition coefficient (Wildman–Crippen LogP) is 0.217. The zero-order chi connectivity index (χ0) is 11.3. The molecule has 1 rings (SSSR count). The van der Waals surface area contributed by atoms with Gasteiger partial charge in [0.25, 0.3) is 0 Å². The lowest BCUT2D eigenvalue weighted by Crippen LogP contribution is -2.40. The molecule has 4 heteroatoms. The smallest absolute Gasteiger partial charge is 0.217 e. The van der Waals surface area contributed by atoms with Crippen LogP contribution in [-0.4, -0.2) is 28.8 Å². The Balaban J connectivity index is 2.73. The van der Waals surface area contributed by atoms with E-state index in [4.69, 9.17) is 5.11 Å². The van der Waals surface area contributed by atoms with E-state index >= 15 is 0 Å². The molecular formula is C11H15NO3. The van der Waals surface area contributed by atoms with Crippen molar-refractivity contribution in [3.63, 3.8) is 0 Å². The molecule has 3 N–H and O–H groups in total. The number of amides is 1. The number of aliphatic hydroxyl groups is 2. The van der Waals surface area contributed by atoms with Gasteiger partial charge in [-0.05, 0) is 5.56 Å². The van der Waals surface area contributed by atoms with E-state index in [9.17, 15) is 9.90 Å². The summed E-state index contributed by atoms with van der Waals surface area (Å²) in [6.45, 7) is 1.05. The van der Waals surface area contributed by atoms with Gasteiger partial charge in [-0.25, -0.2) is 0 Å². The second kappa shape index (κ2) is 5.48. The Morgan fingerprint density at radius 3 is 2.47 bits per heavy atom. The molecule has 1 aromatic rings. The molecule has 15 heavy (non-hydrogen) atoms. The zero-order valence-corrected chi connectivity index (χ0v) is 8.55. The molecule has 0 aliphatic rings. The Morgan fingerprint density at radius 1 is 1.40 bits per heavy atom. The summed E-state index contributed by atoms with van der Waals surface area (Å²) in [6.07, 6.45) is -0.889. The molecule has 1 aromatic carbocycles. The monoisotopic (exact) mass is 209 g/mol. The van der Waals surface area contributed by atoms with Crippen LogP contribution in [0.25, 0.3) is 0 Å². The summed E-state index contributed by atoms with van der Waals surface area (Å²) in [6, 6.07) is 8.25. The van der Waals surface area contributed by atoms with Crippen LogP contribution in [0.3, 0.4) is 0 Å². The Labute approximate surface area is 88.6 Å². The number of benzene rings is 1. The summed E-state index contributed by atoms with van der Waals surface area (Å²) in [7, 11) is 0. The van der Waals surface area contributed by atoms with Crippen molar-refractivity contribution in [1.82, 2.24) is 5.32 Å². The van der Waals surface area contributed by atoms with E-state index in [0.29, 0.717) is 5.56 Å². The highest BCUT2D eigenvalue weighted by Crippen LogP contribution is 2.15. The van der Waals surface area contributed by atoms with Crippen molar-refractivity contribution in [2.75, 3.05) is 6.61 Å². The molecule has 0 saturated carbocycles. The average Bonchev–Trinajstić information content (AvgIpc) is 2.26. The Hall–Kier alpha value is -1.39. The third-order valence-corrected chi connectivity index (χ3v) is 2.11. The first kappa shape index (κ1) is 11.7. The largest absolute Gasteiger partial charge is 0.394 e. The molecule has 0 aromatic heterocycles. The van der Waals surface area contributed by atoms with E-state index in [2.05, 4.69) is 5.32 Å². The number of carbonyl (C=O) groups excluding carboxylic acids is 1. The standard InChI is InChI=1S/C11H15NO3/c1-8(14)12-10(7-13)11(15)9-5-3-2-4-6-9/h2-6,10-11,13,15H,7H2,1H3,(H,12,14)/t10-,11-/m1/s1. The topological polar surface area (TPSA) is 69.6 Å². The highest BCUT2D eigenvalue weighted by Gasteiger charge is 2.20. The second-order valence-corrected chi connectivity index (χ2v) is 3.35. The van der Waals surface area contributed by atoms with E-state index in [1.165, 1.54) is 6.92 Å². The Morgan fingerprint density at radius 2 is 2.00 bits per heavy atom. The molecule has 0 aliphatic carbocycles. The first-order valence-electron chi connectivity index (χ1n) is 4.76. The van der Waals surface area contributed by atoms with Crippen molar-refractivity contribution >= 4 is 5.91 Å². The minimum Gasteiger partial charge on any atom is -0.394 e. The van der Waals surface area contributed by atoms with E-state index in [-0.39, 0.29) is 12.5 Å². The van der Waals surface area contributed by atoms with Crippen molar-refractivity contribution in [3.8, 4) is 0 Å². The van der Waals surface area contributed by atoms with Crippen LogP contribution >= 0.6 is 0 Å². The Kier molecular flexibility index (Phi) is 4.27. The van der Waals surface area contributed by atoms with Gasteiger partial charge in [0.15, 0.2) is 0 Å². The van der Waals surface area contributed by atoms with Crippen LogP contribution in [0.15, 0.2) is 30.3 Å². The summed E-state index contributed by atoms with van der Waals surface area (Å²) < 4.78 is 0. The number of rotatable bonds is 4. The van der Waals surface area contributed by atoms with Gasteiger partial charge in [-0.15, -0.1) is 0 Å². The maximum atomic E-state index is 10.8. The van der Waals surface area contributed by atoms with Gasteiger partial charge in [0.1, 0.15) is 6.10 Å². The third-order valence-electron chi connectivity index (χ3n) is 2.11. The van der Waals surface area contributed by atoms with Crippen LogP contribution in [0.1, 0.15) is 18.6 Å². The molecule has 0 saturated heterocycles. The molecule has 4 nitrogen and oxygen atoms in total. The molecule has 0 radical (unpaired) electrons. The SMILES string of the molecule is CC(=O)N[C@H](CO)[C@H](O)c1ccccc1. The first-order chi connectivity index (χ1) is 7.15. The van der Waals surface area contributed by atoms with Crippen molar-refractivity contribution < 1.29 is 15.0 Å². The highest BCUT2D eigenvalue weighted by molar-refractivity contribution is 5.73. The van der Waals surface area contributed by atoms with Gasteiger partial charge in [0, 0.05) is 6.92 Å². The molecule has 0 heterocycles. The van der Waals surface area contributed by atoms with Gasteiger partial charge < -0.3 is 15.5 Å². The molecule has 0 bridgehead atoms. The molecule has 1 amide bonds. The lowest BCUT2D eigenvalue weighted by molar-refractivity contribution is -0.121. The maximum absolute atomic E-state index is 10.8. The minimum absolute atomic E-state index is 0.274. The average molecular weight is 209 g/mol. The van der Waals surface area contributed by atoms with Crippen LogP contribution < -0.4 is 5.32 Å². The summed E-state index contributed by atoms with van der Waals surface area (Å²) >= 11 is 0. The van der Waals surface area contributed by atoms with Crippen molar-refractivity contribution in [2.45, 2.75) is 19.1 Å². The van der Waals surface area contributed by atoms with Crippen molar-refractivity contribution in [3.05, 3.63) is 35.9 Å². The van der Waals surface area contributed by atoms with Gasteiger partial charge in [0.2, 0.25) is 5.91 Å². The van der Waals surface area contributed by atoms with Crippen molar-refractivity contribution in [1.29, 1.82) is 0 Å². The summed E-state index contributed by atoms with van der Waals surface area (Å²) in [4.78, 5) is 10.8. The van der Waals surface area contributed by atoms with Gasteiger partial charge in [0.05, 0.1) is 12.6 Å². The van der Waals surface area contributed by atoms with Gasteiger partial charge in [-0.3, -0.25) is 4.79 Å². The number of hydrogen-bond donors (Lipinski definition) is 3. The number of aliphatic hydroxyl groups excluding tert-OH is 2. The normalized spacial score (nSPS) is 14.3. The van der Waals surface area contributed by atoms with Gasteiger partial charge >= 0.3 is 0 Å². The number of nitrogens with one attached hydrogen (secondary N) is 1. The molecule has 0 unspecified atom stereocenters. The van der Waals surface area contributed by atoms with Gasteiger partial charge in [-0.1, -0.05) is 30.3 Å². The van der Waals surface area contributed by atoms with E-state index in [1.54, 1.807) is 24.3 Å². The quantitative estimate of drug-likeness (QED) is 0.664. The van der Waals surface area contributed by atoms with Gasteiger partial charge in [-0.2, -0.15) is 0 Å². The lowest BCUT2D eigenvalue weighted by Gasteiger charge is -2.21. The van der Waals surface area contributed by atoms with E-state index in [1.807, 2.05) is 6.07 Å². The fraction of sp³-hybridized carbons (Fsp3) is 0.364. The molecule has 82 valence electrons. The fourth-order valence-corrected chi connectivity index (χ4v) is 1.37. The summed E-state index contributed by atoms with van der Waals surface area (Å²) in [5.74, 6) is -0.274. The number of hydrogen-bond acceptors (Lipinski definition) is 3. The van der Waals surface area contributed by atoms with E-state index < -0.39 is 12.1 Å². The van der Waals surface area contributed by atoms with Crippen LogP contribution in [0.2, 0.25) is 0 Å². The first-order valence-corrected chi connectivity index (χ1v) is 4.76. The fourth-order valence-electron chi connectivity index (χ4n) is 1.37. The van der Waals surface area contributed by atoms with Crippen molar-refractivity contribution in [2.24, 2.45) is 0 Å². The highest BCUT2D eigenvalue weighted by atomic mass is 16.3. The molecule has 2 atom stereocenters. The lowest BCUT2D eigenvalue weighted by atomic mass is 10.0. The zero-order valence-electron chi connectivity index (χ0n) is 8.55. The molecule has 0 spiro atoms. The summed E-state index contributed by atoms with van der Waals surface area (Å²) in [5, 5.41) is 21.4. The Bertz CT molecular complexity index is 313. The van der Waals surface area contributed by atoms with Crippen LogP contribution in [0.5, 0.6) is 0 Å². The van der Waals surface area contributed by atoms with Crippen LogP contribution in [0, 0.1) is 0 Å². The van der Waals surface area contributed by atoms with E-state index in [0.717, 1.165) is 0 Å². The van der Waals surface area contributed by atoms with Crippen LogP contribution in [0.4, 0.5) is 0 Å². The molecule has 0 fully saturated rings. The maximum Gasteiger partial charge on any atom is 0.217 e. The summed E-state index contributed by atoms with van der Waals surface area (Å²) in [5.41, 5.74) is 0.672. The molecular weight excluding hydrogens is 194 g/mol. The predicted molar refractivity (Wildman–Crippen MR) is 56.1 cm³/mol. The minimum atomic E-state index is -0.889. The second-order valence-electron chi connectivity index (χ2n) is 3.35. The van der Waals surface area contributed by atoms with Crippen LogP contribution in [-0.2, 0) is 4.79 Å². The molecule has 0 aliphatic heterocycles. The number of carbonyl (C=O) groups is 1. The third kappa shape index (κ3) is 3.34.